The molecule has 12 heavy (non-hydrogen) atoms. The number of rotatable bonds is 0. The Hall–Kier alpha value is -0.300. The molecule has 0 amide bonds. The molecule has 1 aliphatic rings. The fraction of sp³-hybridized carbons (Fsp3) is 0.818. The van der Waals surface area contributed by atoms with E-state index in [0.29, 0.717) is 0 Å². The van der Waals surface area contributed by atoms with E-state index in [-0.39, 0.29) is 11.0 Å². The van der Waals surface area contributed by atoms with Crippen LogP contribution in [0.4, 0.5) is 0 Å². The summed E-state index contributed by atoms with van der Waals surface area (Å²) >= 11 is 0. The SMILES string of the molecule is CC1=C(C)C(C)(C)OCC1(C)C. The van der Waals surface area contributed by atoms with E-state index in [1.165, 1.54) is 11.1 Å². The van der Waals surface area contributed by atoms with Crippen molar-refractivity contribution in [2.45, 2.75) is 47.1 Å². The van der Waals surface area contributed by atoms with Crippen LogP contribution in [0.3, 0.4) is 0 Å². The molecule has 1 heteroatoms. The first kappa shape index (κ1) is 9.79. The van der Waals surface area contributed by atoms with Crippen LogP contribution in [0.2, 0.25) is 0 Å². The zero-order chi connectivity index (χ0) is 9.57. The summed E-state index contributed by atoms with van der Waals surface area (Å²) in [5.74, 6) is 0. The maximum Gasteiger partial charge on any atom is 0.0835 e. The molecule has 0 atom stereocenters. The molecule has 1 nitrogen and oxygen atoms in total. The first-order chi connectivity index (χ1) is 5.27. The van der Waals surface area contributed by atoms with Gasteiger partial charge in [-0.1, -0.05) is 19.4 Å². The molecule has 0 fully saturated rings. The molecule has 0 aromatic heterocycles. The summed E-state index contributed by atoms with van der Waals surface area (Å²) < 4.78 is 5.81. The van der Waals surface area contributed by atoms with E-state index in [1.54, 1.807) is 0 Å². The van der Waals surface area contributed by atoms with Gasteiger partial charge in [0.2, 0.25) is 0 Å². The maximum atomic E-state index is 5.81. The molecule has 1 heterocycles. The van der Waals surface area contributed by atoms with Crippen LogP contribution in [0, 0.1) is 5.41 Å². The lowest BCUT2D eigenvalue weighted by atomic mass is 9.77. The van der Waals surface area contributed by atoms with Gasteiger partial charge in [0.05, 0.1) is 12.2 Å². The zero-order valence-electron chi connectivity index (χ0n) is 9.12. The van der Waals surface area contributed by atoms with Gasteiger partial charge in [-0.2, -0.15) is 0 Å². The third-order valence-corrected chi connectivity index (χ3v) is 3.27. The lowest BCUT2D eigenvalue weighted by molar-refractivity contribution is -0.0401. The van der Waals surface area contributed by atoms with Gasteiger partial charge in [0.25, 0.3) is 0 Å². The molecule has 1 aliphatic heterocycles. The Labute approximate surface area is 75.8 Å². The van der Waals surface area contributed by atoms with Crippen molar-refractivity contribution < 1.29 is 4.74 Å². The smallest absolute Gasteiger partial charge is 0.0835 e. The summed E-state index contributed by atoms with van der Waals surface area (Å²) in [5.41, 5.74) is 3.04. The van der Waals surface area contributed by atoms with Gasteiger partial charge in [-0.25, -0.2) is 0 Å². The molecule has 0 bridgehead atoms. The van der Waals surface area contributed by atoms with Crippen LogP contribution in [-0.4, -0.2) is 12.2 Å². The number of hydrogen-bond acceptors (Lipinski definition) is 1. The zero-order valence-corrected chi connectivity index (χ0v) is 9.12. The van der Waals surface area contributed by atoms with Crippen molar-refractivity contribution in [3.8, 4) is 0 Å². The normalized spacial score (nSPS) is 27.5. The highest BCUT2D eigenvalue weighted by Gasteiger charge is 2.35. The van der Waals surface area contributed by atoms with Crippen LogP contribution in [0.15, 0.2) is 11.1 Å². The van der Waals surface area contributed by atoms with E-state index in [0.717, 1.165) is 6.61 Å². The quantitative estimate of drug-likeness (QED) is 0.505. The predicted octanol–water partition coefficient (Wildman–Crippen LogP) is 3.16. The predicted molar refractivity (Wildman–Crippen MR) is 52.2 cm³/mol. The summed E-state index contributed by atoms with van der Waals surface area (Å²) in [6.45, 7) is 14.0. The molecule has 1 rings (SSSR count). The van der Waals surface area contributed by atoms with Gasteiger partial charge >= 0.3 is 0 Å². The third kappa shape index (κ3) is 1.42. The monoisotopic (exact) mass is 168 g/mol. The second kappa shape index (κ2) is 2.59. The van der Waals surface area contributed by atoms with Crippen molar-refractivity contribution in [3.05, 3.63) is 11.1 Å². The van der Waals surface area contributed by atoms with E-state index < -0.39 is 0 Å². The van der Waals surface area contributed by atoms with Gasteiger partial charge in [-0.15, -0.1) is 0 Å². The average Bonchev–Trinajstić information content (AvgIpc) is 1.96. The van der Waals surface area contributed by atoms with E-state index in [9.17, 15) is 0 Å². The van der Waals surface area contributed by atoms with E-state index >= 15 is 0 Å². The minimum atomic E-state index is -0.0559. The molecule has 0 radical (unpaired) electrons. The lowest BCUT2D eigenvalue weighted by Crippen LogP contribution is -2.39. The Balaban J connectivity index is 3.10. The van der Waals surface area contributed by atoms with Gasteiger partial charge in [-0.3, -0.25) is 0 Å². The largest absolute Gasteiger partial charge is 0.370 e. The first-order valence-electron chi connectivity index (χ1n) is 4.60. The molecule has 0 aromatic carbocycles. The Bertz CT molecular complexity index is 197. The molecule has 0 aliphatic carbocycles. The minimum absolute atomic E-state index is 0.0559. The summed E-state index contributed by atoms with van der Waals surface area (Å²) in [5, 5.41) is 0. The van der Waals surface area contributed by atoms with Crippen LogP contribution in [0.5, 0.6) is 0 Å². The summed E-state index contributed by atoms with van der Waals surface area (Å²) in [4.78, 5) is 0. The third-order valence-electron chi connectivity index (χ3n) is 3.27. The van der Waals surface area contributed by atoms with Gasteiger partial charge in [-0.05, 0) is 33.3 Å². The minimum Gasteiger partial charge on any atom is -0.370 e. The lowest BCUT2D eigenvalue weighted by Gasteiger charge is -2.41. The molecule has 0 unspecified atom stereocenters. The van der Waals surface area contributed by atoms with Gasteiger partial charge in [0.1, 0.15) is 0 Å². The molecular formula is C11H20O. The van der Waals surface area contributed by atoms with Crippen molar-refractivity contribution in [2.75, 3.05) is 6.61 Å². The fourth-order valence-corrected chi connectivity index (χ4v) is 1.54. The second-order valence-corrected chi connectivity index (χ2v) is 4.93. The van der Waals surface area contributed by atoms with Crippen LogP contribution >= 0.6 is 0 Å². The number of ether oxygens (including phenoxy) is 1. The van der Waals surface area contributed by atoms with Crippen LogP contribution < -0.4 is 0 Å². The fourth-order valence-electron chi connectivity index (χ4n) is 1.54. The van der Waals surface area contributed by atoms with Gasteiger partial charge in [0, 0.05) is 5.41 Å². The highest BCUT2D eigenvalue weighted by Crippen LogP contribution is 2.39. The van der Waals surface area contributed by atoms with Gasteiger partial charge < -0.3 is 4.74 Å². The van der Waals surface area contributed by atoms with E-state index in [2.05, 4.69) is 41.5 Å². The summed E-state index contributed by atoms with van der Waals surface area (Å²) in [7, 11) is 0. The van der Waals surface area contributed by atoms with Crippen molar-refractivity contribution in [3.63, 3.8) is 0 Å². The van der Waals surface area contributed by atoms with E-state index in [4.69, 9.17) is 4.74 Å². The van der Waals surface area contributed by atoms with Gasteiger partial charge in [0.15, 0.2) is 0 Å². The second-order valence-electron chi connectivity index (χ2n) is 4.93. The molecule has 0 aromatic rings. The summed E-state index contributed by atoms with van der Waals surface area (Å²) in [6.07, 6.45) is 0. The van der Waals surface area contributed by atoms with Crippen molar-refractivity contribution in [1.82, 2.24) is 0 Å². The highest BCUT2D eigenvalue weighted by molar-refractivity contribution is 5.26. The first-order valence-corrected chi connectivity index (χ1v) is 4.60. The molecular weight excluding hydrogens is 148 g/mol. The molecule has 70 valence electrons. The molecule has 0 N–H and O–H groups in total. The van der Waals surface area contributed by atoms with Crippen LogP contribution in [0.25, 0.3) is 0 Å². The Morgan fingerprint density at radius 3 is 1.92 bits per heavy atom. The van der Waals surface area contributed by atoms with Crippen molar-refractivity contribution in [2.24, 2.45) is 5.41 Å². The standard InChI is InChI=1S/C11H20O/c1-8-9(2)11(5,6)12-7-10(8,3)4/h7H2,1-6H3. The maximum absolute atomic E-state index is 5.81. The van der Waals surface area contributed by atoms with Crippen molar-refractivity contribution >= 4 is 0 Å². The number of hydrogen-bond donors (Lipinski definition) is 0. The van der Waals surface area contributed by atoms with Crippen LogP contribution in [0.1, 0.15) is 41.5 Å². The molecule has 0 saturated heterocycles. The van der Waals surface area contributed by atoms with Crippen LogP contribution in [-0.2, 0) is 4.74 Å². The van der Waals surface area contributed by atoms with Crippen molar-refractivity contribution in [1.29, 1.82) is 0 Å². The molecule has 0 spiro atoms. The average molecular weight is 168 g/mol. The van der Waals surface area contributed by atoms with E-state index in [1.807, 2.05) is 0 Å². The Morgan fingerprint density at radius 1 is 1.00 bits per heavy atom. The summed E-state index contributed by atoms with van der Waals surface area (Å²) in [6, 6.07) is 0. The topological polar surface area (TPSA) is 9.23 Å². The Morgan fingerprint density at radius 2 is 1.50 bits per heavy atom. The Kier molecular flexibility index (Phi) is 2.12. The molecule has 0 saturated carbocycles. The highest BCUT2D eigenvalue weighted by atomic mass is 16.5.